The Hall–Kier alpha value is -1.59. The van der Waals surface area contributed by atoms with Crippen LogP contribution in [0.5, 0.6) is 0 Å². The molecule has 10 nitrogen and oxygen atoms in total. The number of esters is 1. The number of carbonyl (C=O) groups excluding carboxylic acids is 1. The summed E-state index contributed by atoms with van der Waals surface area (Å²) in [4.78, 5) is 11.3. The summed E-state index contributed by atoms with van der Waals surface area (Å²) >= 11 is 0. The van der Waals surface area contributed by atoms with E-state index in [1.165, 1.54) is 13.3 Å². The highest BCUT2D eigenvalue weighted by molar-refractivity contribution is 5.86. The molecule has 0 amide bonds. The zero-order valence-corrected chi connectivity index (χ0v) is 10.5. The average Bonchev–Trinajstić information content (AvgIpc) is 2.94. The van der Waals surface area contributed by atoms with E-state index < -0.39 is 43.2 Å². The molecule has 0 aromatic carbocycles. The van der Waals surface area contributed by atoms with Crippen LogP contribution in [0, 0.1) is 0 Å². The summed E-state index contributed by atoms with van der Waals surface area (Å²) in [6.07, 6.45) is -5.59. The van der Waals surface area contributed by atoms with Gasteiger partial charge in [0.15, 0.2) is 11.9 Å². The molecule has 0 saturated carbocycles. The summed E-state index contributed by atoms with van der Waals surface area (Å²) in [7, 11) is 1.18. The minimum absolute atomic E-state index is 0.107. The number of hydrogen-bond donors (Lipinski definition) is 4. The highest BCUT2D eigenvalue weighted by Crippen LogP contribution is 2.27. The molecule has 0 bridgehead atoms. The predicted molar refractivity (Wildman–Crippen MR) is 60.4 cm³/mol. The molecular formula is C10H15N3O7. The van der Waals surface area contributed by atoms with E-state index in [2.05, 4.69) is 15.0 Å². The quantitative estimate of drug-likeness (QED) is 0.428. The Balaban J connectivity index is 2.22. The predicted octanol–water partition coefficient (Wildman–Crippen LogP) is -2.96. The van der Waals surface area contributed by atoms with E-state index in [1.54, 1.807) is 0 Å². The number of hydrogen-bond acceptors (Lipinski definition) is 9. The molecule has 1 aliphatic rings. The summed E-state index contributed by atoms with van der Waals surface area (Å²) in [6, 6.07) is 0. The van der Waals surface area contributed by atoms with Crippen molar-refractivity contribution in [1.82, 2.24) is 15.0 Å². The first-order chi connectivity index (χ1) is 9.49. The lowest BCUT2D eigenvalue weighted by atomic mass is 9.98. The van der Waals surface area contributed by atoms with Crippen LogP contribution in [0.1, 0.15) is 16.7 Å². The number of ether oxygens (including phenoxy) is 2. The van der Waals surface area contributed by atoms with Crippen molar-refractivity contribution in [2.75, 3.05) is 13.7 Å². The van der Waals surface area contributed by atoms with Gasteiger partial charge in [-0.15, -0.1) is 5.10 Å². The molecule has 4 N–H and O–H groups in total. The summed E-state index contributed by atoms with van der Waals surface area (Å²) in [5.74, 6) is -0.721. The molecule has 2 rings (SSSR count). The van der Waals surface area contributed by atoms with Gasteiger partial charge in [0.05, 0.1) is 19.9 Å². The Bertz CT molecular complexity index is 477. The lowest BCUT2D eigenvalue weighted by Gasteiger charge is -2.39. The zero-order valence-electron chi connectivity index (χ0n) is 10.5. The van der Waals surface area contributed by atoms with Crippen molar-refractivity contribution >= 4 is 5.97 Å². The van der Waals surface area contributed by atoms with Crippen LogP contribution >= 0.6 is 0 Å². The topological polar surface area (TPSA) is 147 Å². The molecule has 1 saturated heterocycles. The molecule has 0 aliphatic carbocycles. The van der Waals surface area contributed by atoms with Crippen LogP contribution in [0.25, 0.3) is 0 Å². The number of carbonyl (C=O) groups is 1. The van der Waals surface area contributed by atoms with Crippen molar-refractivity contribution in [3.8, 4) is 0 Å². The first-order valence-electron chi connectivity index (χ1n) is 5.80. The van der Waals surface area contributed by atoms with E-state index in [9.17, 15) is 20.1 Å². The van der Waals surface area contributed by atoms with E-state index in [0.29, 0.717) is 0 Å². The standard InChI is InChI=1S/C10H15N3O7/c1-19-10(18)4-2-13(12-11-4)9-8(17)7(16)6(15)5(3-14)20-9/h2,5-9,14-17H,3H2,1H3/t5-,6-,7+,8-,9+/m1/s1. The van der Waals surface area contributed by atoms with Gasteiger partial charge in [0.1, 0.15) is 24.4 Å². The van der Waals surface area contributed by atoms with Crippen molar-refractivity contribution in [3.63, 3.8) is 0 Å². The molecule has 0 unspecified atom stereocenters. The number of aliphatic hydroxyl groups is 4. The van der Waals surface area contributed by atoms with E-state index in [-0.39, 0.29) is 5.69 Å². The molecule has 1 fully saturated rings. The monoisotopic (exact) mass is 289 g/mol. The summed E-state index contributed by atoms with van der Waals surface area (Å²) in [5, 5.41) is 45.3. The van der Waals surface area contributed by atoms with E-state index in [1.807, 2.05) is 0 Å². The van der Waals surface area contributed by atoms with Crippen LogP contribution in [0.4, 0.5) is 0 Å². The van der Waals surface area contributed by atoms with Gasteiger partial charge in [-0.3, -0.25) is 0 Å². The molecule has 2 heterocycles. The molecule has 112 valence electrons. The second kappa shape index (κ2) is 5.81. The van der Waals surface area contributed by atoms with Crippen molar-refractivity contribution in [1.29, 1.82) is 0 Å². The number of aromatic nitrogens is 3. The molecule has 0 radical (unpaired) electrons. The fraction of sp³-hybridized carbons (Fsp3) is 0.700. The van der Waals surface area contributed by atoms with Crippen LogP contribution in [0.3, 0.4) is 0 Å². The van der Waals surface area contributed by atoms with E-state index in [0.717, 1.165) is 4.68 Å². The van der Waals surface area contributed by atoms with Crippen molar-refractivity contribution < 1.29 is 34.7 Å². The molecular weight excluding hydrogens is 274 g/mol. The Kier molecular flexibility index (Phi) is 4.30. The van der Waals surface area contributed by atoms with Crippen molar-refractivity contribution in [2.24, 2.45) is 0 Å². The van der Waals surface area contributed by atoms with Gasteiger partial charge >= 0.3 is 5.97 Å². The normalized spacial score (nSPS) is 34.0. The minimum Gasteiger partial charge on any atom is -0.464 e. The van der Waals surface area contributed by atoms with Gasteiger partial charge in [-0.25, -0.2) is 9.48 Å². The number of aliphatic hydroxyl groups excluding tert-OH is 4. The number of rotatable bonds is 3. The van der Waals surface area contributed by atoms with Gasteiger partial charge < -0.3 is 29.9 Å². The fourth-order valence-corrected chi connectivity index (χ4v) is 1.90. The fourth-order valence-electron chi connectivity index (χ4n) is 1.90. The maximum absolute atomic E-state index is 11.3. The van der Waals surface area contributed by atoms with Crippen molar-refractivity contribution in [2.45, 2.75) is 30.6 Å². The smallest absolute Gasteiger partial charge is 0.360 e. The lowest BCUT2D eigenvalue weighted by molar-refractivity contribution is -0.254. The van der Waals surface area contributed by atoms with E-state index >= 15 is 0 Å². The highest BCUT2D eigenvalue weighted by Gasteiger charge is 2.44. The molecule has 1 aliphatic heterocycles. The Morgan fingerprint density at radius 3 is 2.70 bits per heavy atom. The second-order valence-electron chi connectivity index (χ2n) is 4.29. The molecule has 5 atom stereocenters. The SMILES string of the molecule is COC(=O)c1cn([C@H]2O[C@H](CO)[C@@H](O)[C@H](O)[C@H]2O)nn1. The molecule has 1 aromatic rings. The van der Waals surface area contributed by atoms with Crippen LogP contribution in [-0.2, 0) is 9.47 Å². The van der Waals surface area contributed by atoms with Crippen LogP contribution < -0.4 is 0 Å². The molecule has 10 heteroatoms. The maximum Gasteiger partial charge on any atom is 0.360 e. The third kappa shape index (κ3) is 2.51. The minimum atomic E-state index is -1.53. The van der Waals surface area contributed by atoms with Gasteiger partial charge in [0.2, 0.25) is 0 Å². The van der Waals surface area contributed by atoms with Crippen LogP contribution in [-0.4, -0.2) is 79.5 Å². The van der Waals surface area contributed by atoms with E-state index in [4.69, 9.17) is 9.84 Å². The van der Waals surface area contributed by atoms with Crippen LogP contribution in [0.15, 0.2) is 6.20 Å². The van der Waals surface area contributed by atoms with Crippen LogP contribution in [0.2, 0.25) is 0 Å². The van der Waals surface area contributed by atoms with Gasteiger partial charge in [0.25, 0.3) is 0 Å². The Morgan fingerprint density at radius 1 is 1.40 bits per heavy atom. The lowest BCUT2D eigenvalue weighted by Crippen LogP contribution is -2.56. The van der Waals surface area contributed by atoms with Gasteiger partial charge in [0, 0.05) is 0 Å². The summed E-state index contributed by atoms with van der Waals surface area (Å²) in [6.45, 7) is -0.556. The largest absolute Gasteiger partial charge is 0.464 e. The van der Waals surface area contributed by atoms with Crippen molar-refractivity contribution in [3.05, 3.63) is 11.9 Å². The van der Waals surface area contributed by atoms with Gasteiger partial charge in [-0.1, -0.05) is 5.21 Å². The Labute approximate surface area is 113 Å². The third-order valence-electron chi connectivity index (χ3n) is 3.03. The highest BCUT2D eigenvalue weighted by atomic mass is 16.6. The Morgan fingerprint density at radius 2 is 2.10 bits per heavy atom. The second-order valence-corrected chi connectivity index (χ2v) is 4.29. The first-order valence-corrected chi connectivity index (χ1v) is 5.80. The van der Waals surface area contributed by atoms with Gasteiger partial charge in [-0.2, -0.15) is 0 Å². The first kappa shape index (κ1) is 14.8. The zero-order chi connectivity index (χ0) is 14.9. The summed E-state index contributed by atoms with van der Waals surface area (Å²) < 4.78 is 10.7. The average molecular weight is 289 g/mol. The number of methoxy groups -OCH3 is 1. The number of nitrogens with zero attached hydrogens (tertiary/aromatic N) is 3. The molecule has 0 spiro atoms. The third-order valence-corrected chi connectivity index (χ3v) is 3.03. The summed E-state index contributed by atoms with van der Waals surface area (Å²) in [5.41, 5.74) is -0.107. The molecule has 20 heavy (non-hydrogen) atoms. The maximum atomic E-state index is 11.3. The molecule has 1 aromatic heterocycles. The van der Waals surface area contributed by atoms with Gasteiger partial charge in [-0.05, 0) is 0 Å².